The molecule has 0 amide bonds. The molecule has 0 heterocycles. The Hall–Kier alpha value is -1.80. The first kappa shape index (κ1) is 15.6. The van der Waals surface area contributed by atoms with Gasteiger partial charge in [0.2, 0.25) is 0 Å². The van der Waals surface area contributed by atoms with E-state index in [1.165, 1.54) is 22.5 Å². The summed E-state index contributed by atoms with van der Waals surface area (Å²) in [6.45, 7) is 7.53. The Morgan fingerprint density at radius 2 is 1.67 bits per heavy atom. The molecule has 0 aliphatic carbocycles. The van der Waals surface area contributed by atoms with E-state index in [2.05, 4.69) is 86.6 Å². The highest BCUT2D eigenvalue weighted by atomic mass is 15.1. The van der Waals surface area contributed by atoms with Crippen molar-refractivity contribution >= 4 is 11.4 Å². The van der Waals surface area contributed by atoms with Crippen LogP contribution in [0.4, 0.5) is 11.4 Å². The number of rotatable bonds is 6. The molecule has 0 spiro atoms. The average Bonchev–Trinajstić information content (AvgIpc) is 2.54. The maximum Gasteiger partial charge on any atom is 0.0456 e. The zero-order chi connectivity index (χ0) is 15.2. The first-order valence-corrected chi connectivity index (χ1v) is 7.82. The minimum Gasteiger partial charge on any atom is -0.344 e. The van der Waals surface area contributed by atoms with E-state index >= 15 is 0 Å². The van der Waals surface area contributed by atoms with Crippen molar-refractivity contribution < 1.29 is 0 Å². The van der Waals surface area contributed by atoms with Crippen LogP contribution in [0.25, 0.3) is 0 Å². The van der Waals surface area contributed by atoms with E-state index in [0.29, 0.717) is 6.04 Å². The number of nitrogens with zero attached hydrogens (tertiary/aromatic N) is 1. The molecule has 0 aromatic heterocycles. The number of anilines is 2. The average molecular weight is 282 g/mol. The molecule has 1 unspecified atom stereocenters. The molecule has 0 radical (unpaired) electrons. The third-order valence-corrected chi connectivity index (χ3v) is 4.01. The Morgan fingerprint density at radius 1 is 1.00 bits per heavy atom. The Morgan fingerprint density at radius 3 is 2.29 bits per heavy atom. The van der Waals surface area contributed by atoms with Crippen LogP contribution in [0.3, 0.4) is 0 Å². The predicted octanol–water partition coefficient (Wildman–Crippen LogP) is 4.69. The summed E-state index contributed by atoms with van der Waals surface area (Å²) in [6.07, 6.45) is 1.08. The topological polar surface area (TPSA) is 15.3 Å². The van der Waals surface area contributed by atoms with Crippen LogP contribution in [0.5, 0.6) is 0 Å². The number of benzene rings is 2. The van der Waals surface area contributed by atoms with Crippen LogP contribution in [0, 0.1) is 0 Å². The van der Waals surface area contributed by atoms with Crippen LogP contribution < -0.4 is 10.2 Å². The number of hydrogen-bond donors (Lipinski definition) is 1. The zero-order valence-corrected chi connectivity index (χ0v) is 13.6. The molecule has 2 rings (SSSR count). The van der Waals surface area contributed by atoms with Crippen molar-refractivity contribution in [2.24, 2.45) is 0 Å². The third-order valence-electron chi connectivity index (χ3n) is 4.01. The Balaban J connectivity index is 2.31. The monoisotopic (exact) mass is 282 g/mol. The lowest BCUT2D eigenvalue weighted by Gasteiger charge is -2.25. The van der Waals surface area contributed by atoms with Crippen LogP contribution in [-0.4, -0.2) is 13.6 Å². The van der Waals surface area contributed by atoms with E-state index in [1.807, 2.05) is 0 Å². The molecular formula is C19H26N2. The van der Waals surface area contributed by atoms with Gasteiger partial charge in [0.05, 0.1) is 0 Å². The fourth-order valence-electron chi connectivity index (χ4n) is 2.67. The van der Waals surface area contributed by atoms with E-state index in [1.54, 1.807) is 0 Å². The lowest BCUT2D eigenvalue weighted by molar-refractivity contribution is 0.598. The molecular weight excluding hydrogens is 256 g/mol. The first-order valence-electron chi connectivity index (χ1n) is 7.82. The van der Waals surface area contributed by atoms with Crippen LogP contribution in [0.2, 0.25) is 0 Å². The van der Waals surface area contributed by atoms with E-state index < -0.39 is 0 Å². The van der Waals surface area contributed by atoms with Crippen LogP contribution in [0.15, 0.2) is 48.5 Å². The van der Waals surface area contributed by atoms with Gasteiger partial charge in [-0.15, -0.1) is 0 Å². The number of hydrogen-bond acceptors (Lipinski definition) is 2. The van der Waals surface area contributed by atoms with E-state index in [0.717, 1.165) is 13.0 Å². The maximum atomic E-state index is 3.50. The summed E-state index contributed by atoms with van der Waals surface area (Å²) in [4.78, 5) is 2.27. The summed E-state index contributed by atoms with van der Waals surface area (Å²) in [7, 11) is 2.14. The van der Waals surface area contributed by atoms with E-state index in [9.17, 15) is 0 Å². The molecule has 21 heavy (non-hydrogen) atoms. The molecule has 0 saturated heterocycles. The zero-order valence-electron chi connectivity index (χ0n) is 13.6. The van der Waals surface area contributed by atoms with Crippen molar-refractivity contribution in [1.29, 1.82) is 0 Å². The van der Waals surface area contributed by atoms with Gasteiger partial charge >= 0.3 is 0 Å². The minimum atomic E-state index is 0.351. The van der Waals surface area contributed by atoms with Crippen LogP contribution >= 0.6 is 0 Å². The van der Waals surface area contributed by atoms with Crippen LogP contribution in [-0.2, 0) is 6.42 Å². The van der Waals surface area contributed by atoms with Crippen molar-refractivity contribution in [3.8, 4) is 0 Å². The highest BCUT2D eigenvalue weighted by molar-refractivity contribution is 5.66. The third kappa shape index (κ3) is 3.64. The lowest BCUT2D eigenvalue weighted by Crippen LogP contribution is -2.21. The van der Waals surface area contributed by atoms with E-state index in [4.69, 9.17) is 0 Å². The summed E-state index contributed by atoms with van der Waals surface area (Å²) in [5, 5.41) is 3.50. The van der Waals surface area contributed by atoms with Gasteiger partial charge in [-0.05, 0) is 49.2 Å². The molecule has 2 nitrogen and oxygen atoms in total. The normalized spacial score (nSPS) is 12.2. The van der Waals surface area contributed by atoms with Gasteiger partial charge in [0.1, 0.15) is 0 Å². The predicted molar refractivity (Wildman–Crippen MR) is 92.4 cm³/mol. The highest BCUT2D eigenvalue weighted by Gasteiger charge is 2.13. The smallest absolute Gasteiger partial charge is 0.0456 e. The van der Waals surface area contributed by atoms with Crippen molar-refractivity contribution in [3.63, 3.8) is 0 Å². The molecule has 1 N–H and O–H groups in total. The molecule has 0 aliphatic rings. The number of aryl methyl sites for hydroxylation is 1. The standard InChI is InChI=1S/C19H26N2/c1-5-16-11-13-17(14-12-16)21(4)19-10-8-7-9-18(19)15(3)20-6-2/h7-15,20H,5-6H2,1-4H3. The molecule has 0 bridgehead atoms. The molecule has 2 aromatic rings. The van der Waals surface area contributed by atoms with Gasteiger partial charge in [-0.2, -0.15) is 0 Å². The summed E-state index contributed by atoms with van der Waals surface area (Å²) in [5.41, 5.74) is 5.20. The van der Waals surface area contributed by atoms with Gasteiger partial charge in [-0.25, -0.2) is 0 Å². The van der Waals surface area contributed by atoms with Crippen molar-refractivity contribution in [1.82, 2.24) is 5.32 Å². The van der Waals surface area contributed by atoms with Gasteiger partial charge in [0, 0.05) is 24.5 Å². The van der Waals surface area contributed by atoms with Gasteiger partial charge in [0.15, 0.2) is 0 Å². The molecule has 0 saturated carbocycles. The number of nitrogens with one attached hydrogen (secondary N) is 1. The molecule has 2 aromatic carbocycles. The maximum absolute atomic E-state index is 3.50. The summed E-state index contributed by atoms with van der Waals surface area (Å²) in [6, 6.07) is 17.8. The van der Waals surface area contributed by atoms with Gasteiger partial charge < -0.3 is 10.2 Å². The summed E-state index contributed by atoms with van der Waals surface area (Å²) >= 11 is 0. The summed E-state index contributed by atoms with van der Waals surface area (Å²) < 4.78 is 0. The molecule has 1 atom stereocenters. The second-order valence-corrected chi connectivity index (χ2v) is 5.42. The fraction of sp³-hybridized carbons (Fsp3) is 0.368. The Labute approximate surface area is 128 Å². The van der Waals surface area contributed by atoms with E-state index in [-0.39, 0.29) is 0 Å². The molecule has 112 valence electrons. The lowest BCUT2D eigenvalue weighted by atomic mass is 10.0. The van der Waals surface area contributed by atoms with Crippen molar-refractivity contribution in [2.75, 3.05) is 18.5 Å². The fourth-order valence-corrected chi connectivity index (χ4v) is 2.67. The van der Waals surface area contributed by atoms with Gasteiger partial charge in [0.25, 0.3) is 0 Å². The van der Waals surface area contributed by atoms with Crippen molar-refractivity contribution in [2.45, 2.75) is 33.2 Å². The minimum absolute atomic E-state index is 0.351. The van der Waals surface area contributed by atoms with Crippen molar-refractivity contribution in [3.05, 3.63) is 59.7 Å². The Kier molecular flexibility index (Phi) is 5.40. The molecule has 2 heteroatoms. The Bertz CT molecular complexity index is 560. The van der Waals surface area contributed by atoms with Crippen LogP contribution in [0.1, 0.15) is 37.9 Å². The highest BCUT2D eigenvalue weighted by Crippen LogP contribution is 2.30. The first-order chi connectivity index (χ1) is 10.2. The number of para-hydroxylation sites is 1. The van der Waals surface area contributed by atoms with Gasteiger partial charge in [-0.3, -0.25) is 0 Å². The molecule has 0 fully saturated rings. The SMILES string of the molecule is CCNC(C)c1ccccc1N(C)c1ccc(CC)cc1. The quantitative estimate of drug-likeness (QED) is 0.827. The summed E-state index contributed by atoms with van der Waals surface area (Å²) in [5.74, 6) is 0. The second-order valence-electron chi connectivity index (χ2n) is 5.42. The van der Waals surface area contributed by atoms with Gasteiger partial charge in [-0.1, -0.05) is 44.2 Å². The largest absolute Gasteiger partial charge is 0.344 e. The second kappa shape index (κ2) is 7.28. The molecule has 0 aliphatic heterocycles.